The predicted molar refractivity (Wildman–Crippen MR) is 97.3 cm³/mol. The number of hydrogen-bond donors (Lipinski definition) is 1. The van der Waals surface area contributed by atoms with Crippen molar-refractivity contribution in [2.75, 3.05) is 6.61 Å². The van der Waals surface area contributed by atoms with Crippen LogP contribution in [0.1, 0.15) is 59.3 Å². The van der Waals surface area contributed by atoms with Gasteiger partial charge in [0.15, 0.2) is 11.6 Å². The van der Waals surface area contributed by atoms with Gasteiger partial charge in [-0.25, -0.2) is 0 Å². The molecule has 26 heavy (non-hydrogen) atoms. The maximum atomic E-state index is 13.4. The zero-order valence-electron chi connectivity index (χ0n) is 15.9. The molecule has 0 heterocycles. The first kappa shape index (κ1) is 17.8. The van der Waals surface area contributed by atoms with Gasteiger partial charge in [0.05, 0.1) is 0 Å². The number of aliphatic hydroxyl groups is 1. The number of rotatable bonds is 2. The molecule has 4 nitrogen and oxygen atoms in total. The lowest BCUT2D eigenvalue weighted by molar-refractivity contribution is -0.143. The first-order chi connectivity index (χ1) is 12.2. The molecule has 0 amide bonds. The van der Waals surface area contributed by atoms with Crippen molar-refractivity contribution in [1.82, 2.24) is 0 Å². The molecule has 0 aromatic rings. The van der Waals surface area contributed by atoms with E-state index in [2.05, 4.69) is 13.8 Å². The van der Waals surface area contributed by atoms with E-state index in [1.165, 1.54) is 5.57 Å². The van der Waals surface area contributed by atoms with Gasteiger partial charge in [-0.3, -0.25) is 14.4 Å². The summed E-state index contributed by atoms with van der Waals surface area (Å²) in [6.45, 7) is 5.74. The number of ketones is 3. The summed E-state index contributed by atoms with van der Waals surface area (Å²) in [5.74, 6) is 0.726. The number of Topliss-reactive ketones (excluding diaryl/α,β-unsaturated/α-hetero) is 2. The summed E-state index contributed by atoms with van der Waals surface area (Å²) in [5.41, 5.74) is 2.29. The van der Waals surface area contributed by atoms with Crippen LogP contribution in [0, 0.1) is 28.6 Å². The molecule has 5 atom stereocenters. The van der Waals surface area contributed by atoms with Crippen LogP contribution in [-0.4, -0.2) is 29.1 Å². The van der Waals surface area contributed by atoms with Crippen LogP contribution >= 0.6 is 0 Å². The highest BCUT2D eigenvalue weighted by atomic mass is 16.3. The minimum atomic E-state index is -0.482. The Balaban J connectivity index is 1.75. The number of fused-ring (bicyclic) bond motifs is 5. The fourth-order valence-electron chi connectivity index (χ4n) is 6.96. The Morgan fingerprint density at radius 1 is 1.23 bits per heavy atom. The maximum absolute atomic E-state index is 13.4. The normalized spacial score (nSPS) is 42.2. The van der Waals surface area contributed by atoms with E-state index in [0.717, 1.165) is 31.3 Å². The van der Waals surface area contributed by atoms with E-state index in [9.17, 15) is 19.5 Å². The van der Waals surface area contributed by atoms with Gasteiger partial charge in [-0.15, -0.1) is 0 Å². The standard InChI is InChI=1S/C22H28O4/c1-12-8-16-15-5-4-13-9-14(24)6-7-21(13,2)20(15)17(25)10-22(16,3)19(12)18(26)11-23/h9,15-16,20,23H,4-8,10-11H2,1-3H3/t15-,16-,20+,21-,22-/m0/s1. The fourth-order valence-corrected chi connectivity index (χ4v) is 6.96. The lowest BCUT2D eigenvalue weighted by atomic mass is 9.46. The molecule has 0 unspecified atom stereocenters. The quantitative estimate of drug-likeness (QED) is 0.825. The highest BCUT2D eigenvalue weighted by Gasteiger charge is 2.61. The van der Waals surface area contributed by atoms with E-state index in [1.807, 2.05) is 6.92 Å². The van der Waals surface area contributed by atoms with Crippen LogP contribution in [0.15, 0.2) is 22.8 Å². The zero-order chi connectivity index (χ0) is 18.9. The Morgan fingerprint density at radius 2 is 1.96 bits per heavy atom. The molecule has 140 valence electrons. The molecular weight excluding hydrogens is 328 g/mol. The average Bonchev–Trinajstić information content (AvgIpc) is 2.84. The van der Waals surface area contributed by atoms with E-state index >= 15 is 0 Å². The largest absolute Gasteiger partial charge is 0.388 e. The van der Waals surface area contributed by atoms with Gasteiger partial charge in [0.2, 0.25) is 0 Å². The smallest absolute Gasteiger partial charge is 0.184 e. The Hall–Kier alpha value is -1.55. The summed E-state index contributed by atoms with van der Waals surface area (Å²) in [6.07, 6.45) is 6.13. The molecule has 4 aliphatic rings. The third-order valence-corrected chi connectivity index (χ3v) is 7.99. The van der Waals surface area contributed by atoms with Crippen molar-refractivity contribution in [3.63, 3.8) is 0 Å². The maximum Gasteiger partial charge on any atom is 0.184 e. The topological polar surface area (TPSA) is 71.4 Å². The number of allylic oxidation sites excluding steroid dienone is 3. The lowest BCUT2D eigenvalue weighted by Crippen LogP contribution is -2.54. The number of carbonyl (C=O) groups excluding carboxylic acids is 3. The second kappa shape index (κ2) is 5.72. The fraction of sp³-hybridized carbons (Fsp3) is 0.682. The minimum absolute atomic E-state index is 0.0370. The van der Waals surface area contributed by atoms with Gasteiger partial charge in [-0.1, -0.05) is 25.0 Å². The van der Waals surface area contributed by atoms with Gasteiger partial charge in [0.1, 0.15) is 12.4 Å². The van der Waals surface area contributed by atoms with Crippen LogP contribution in [0.5, 0.6) is 0 Å². The van der Waals surface area contributed by atoms with Crippen molar-refractivity contribution in [3.05, 3.63) is 22.8 Å². The van der Waals surface area contributed by atoms with Gasteiger partial charge < -0.3 is 5.11 Å². The Kier molecular flexibility index (Phi) is 3.93. The summed E-state index contributed by atoms with van der Waals surface area (Å²) >= 11 is 0. The first-order valence-electron chi connectivity index (χ1n) is 9.83. The molecule has 4 rings (SSSR count). The summed E-state index contributed by atoms with van der Waals surface area (Å²) in [4.78, 5) is 37.7. The molecule has 0 saturated heterocycles. The predicted octanol–water partition coefficient (Wildman–Crippen LogP) is 3.19. The zero-order valence-corrected chi connectivity index (χ0v) is 15.9. The summed E-state index contributed by atoms with van der Waals surface area (Å²) in [7, 11) is 0. The monoisotopic (exact) mass is 356 g/mol. The Bertz CT molecular complexity index is 773. The van der Waals surface area contributed by atoms with Crippen molar-refractivity contribution in [2.24, 2.45) is 28.6 Å². The van der Waals surface area contributed by atoms with Gasteiger partial charge in [0.25, 0.3) is 0 Å². The van der Waals surface area contributed by atoms with Gasteiger partial charge in [-0.2, -0.15) is 0 Å². The van der Waals surface area contributed by atoms with E-state index in [1.54, 1.807) is 6.08 Å². The summed E-state index contributed by atoms with van der Waals surface area (Å²) < 4.78 is 0. The Labute approximate surface area is 154 Å². The molecule has 0 bridgehead atoms. The van der Waals surface area contributed by atoms with Gasteiger partial charge in [-0.05, 0) is 55.9 Å². The minimum Gasteiger partial charge on any atom is -0.388 e. The number of hydrogen-bond acceptors (Lipinski definition) is 4. The lowest BCUT2D eigenvalue weighted by Gasteiger charge is -2.56. The van der Waals surface area contributed by atoms with Gasteiger partial charge >= 0.3 is 0 Å². The molecule has 4 heteroatoms. The Morgan fingerprint density at radius 3 is 2.65 bits per heavy atom. The molecule has 1 N–H and O–H groups in total. The van der Waals surface area contributed by atoms with Crippen molar-refractivity contribution in [2.45, 2.75) is 59.3 Å². The van der Waals surface area contributed by atoms with E-state index < -0.39 is 12.0 Å². The van der Waals surface area contributed by atoms with Crippen molar-refractivity contribution >= 4 is 17.3 Å². The van der Waals surface area contributed by atoms with E-state index in [-0.39, 0.29) is 40.5 Å². The molecule has 0 aliphatic heterocycles. The average molecular weight is 356 g/mol. The van der Waals surface area contributed by atoms with Crippen molar-refractivity contribution in [3.8, 4) is 0 Å². The van der Waals surface area contributed by atoms with Crippen LogP contribution in [0.4, 0.5) is 0 Å². The van der Waals surface area contributed by atoms with Crippen molar-refractivity contribution < 1.29 is 19.5 Å². The van der Waals surface area contributed by atoms with Crippen LogP contribution in [-0.2, 0) is 14.4 Å². The molecule has 0 aromatic heterocycles. The second-order valence-corrected chi connectivity index (χ2v) is 9.34. The summed E-state index contributed by atoms with van der Waals surface area (Å²) in [6, 6.07) is 0. The highest BCUT2D eigenvalue weighted by molar-refractivity contribution is 6.00. The molecule has 0 radical (unpaired) electrons. The van der Waals surface area contributed by atoms with Crippen molar-refractivity contribution in [1.29, 1.82) is 0 Å². The third-order valence-electron chi connectivity index (χ3n) is 7.99. The van der Waals surface area contributed by atoms with Crippen LogP contribution < -0.4 is 0 Å². The first-order valence-corrected chi connectivity index (χ1v) is 9.83. The third kappa shape index (κ3) is 2.20. The van der Waals surface area contributed by atoms with Crippen LogP contribution in [0.3, 0.4) is 0 Å². The van der Waals surface area contributed by atoms with Crippen LogP contribution in [0.2, 0.25) is 0 Å². The second-order valence-electron chi connectivity index (χ2n) is 9.34. The highest BCUT2D eigenvalue weighted by Crippen LogP contribution is 2.65. The molecule has 0 spiro atoms. The van der Waals surface area contributed by atoms with Gasteiger partial charge in [0, 0.05) is 29.7 Å². The van der Waals surface area contributed by atoms with Crippen LogP contribution in [0.25, 0.3) is 0 Å². The number of carbonyl (C=O) groups is 3. The van der Waals surface area contributed by atoms with E-state index in [4.69, 9.17) is 0 Å². The van der Waals surface area contributed by atoms with E-state index in [0.29, 0.717) is 18.4 Å². The molecule has 2 saturated carbocycles. The molecule has 0 aromatic carbocycles. The molecule has 2 fully saturated rings. The molecule has 4 aliphatic carbocycles. The number of aliphatic hydroxyl groups excluding tert-OH is 1. The summed E-state index contributed by atoms with van der Waals surface area (Å²) in [5, 5.41) is 9.43. The molecular formula is C22H28O4. The SMILES string of the molecule is CC1=C(C(=O)CO)[C@@]2(C)CC(=O)[C@H]3[C@@H](CCC4=CC(=O)CC[C@@]43C)[C@@H]2C1.